The van der Waals surface area contributed by atoms with Crippen LogP contribution < -0.4 is 5.32 Å². The summed E-state index contributed by atoms with van der Waals surface area (Å²) >= 11 is 5.59. The van der Waals surface area contributed by atoms with Crippen LogP contribution >= 0.6 is 11.6 Å². The van der Waals surface area contributed by atoms with E-state index in [9.17, 15) is 19.3 Å². The van der Waals surface area contributed by atoms with Crippen molar-refractivity contribution in [2.24, 2.45) is 5.92 Å². The molecule has 1 aromatic carbocycles. The summed E-state index contributed by atoms with van der Waals surface area (Å²) in [6.07, 6.45) is 0.459. The summed E-state index contributed by atoms with van der Waals surface area (Å²) in [6, 6.07) is 1.91. The summed E-state index contributed by atoms with van der Waals surface area (Å²) in [5, 5.41) is 22.0. The molecule has 0 aliphatic carbocycles. The standard InChI is InChI=1S/C12H14ClFN2O4/c1-7(2-3-12(17)18)6-15-10-4-8(13)9(14)5-11(10)16(19)20/h4-5,7,15H,2-3,6H2,1H3,(H,17,18). The molecule has 0 aromatic heterocycles. The molecule has 0 amide bonds. The number of nitrogens with zero attached hydrogens (tertiary/aromatic N) is 1. The monoisotopic (exact) mass is 304 g/mol. The number of nitro groups is 1. The number of carboxylic acid groups (broad SMARTS) is 1. The third-order valence-corrected chi connectivity index (χ3v) is 3.02. The highest BCUT2D eigenvalue weighted by molar-refractivity contribution is 6.31. The summed E-state index contributed by atoms with van der Waals surface area (Å²) in [5.41, 5.74) is -0.291. The van der Waals surface area contributed by atoms with E-state index in [-0.39, 0.29) is 23.0 Å². The zero-order valence-corrected chi connectivity index (χ0v) is 11.5. The first kappa shape index (κ1) is 16.2. The molecule has 0 saturated carbocycles. The van der Waals surface area contributed by atoms with E-state index >= 15 is 0 Å². The summed E-state index contributed by atoms with van der Waals surface area (Å²) in [4.78, 5) is 20.6. The van der Waals surface area contributed by atoms with Crippen LogP contribution in [0.2, 0.25) is 5.02 Å². The molecule has 2 N–H and O–H groups in total. The fraction of sp³-hybridized carbons (Fsp3) is 0.417. The van der Waals surface area contributed by atoms with E-state index in [1.807, 2.05) is 6.92 Å². The van der Waals surface area contributed by atoms with Crippen molar-refractivity contribution in [2.45, 2.75) is 19.8 Å². The largest absolute Gasteiger partial charge is 0.481 e. The van der Waals surface area contributed by atoms with Gasteiger partial charge in [0.25, 0.3) is 5.69 Å². The van der Waals surface area contributed by atoms with Crippen LogP contribution in [-0.2, 0) is 4.79 Å². The van der Waals surface area contributed by atoms with Gasteiger partial charge < -0.3 is 10.4 Å². The molecule has 8 heteroatoms. The van der Waals surface area contributed by atoms with Gasteiger partial charge in [-0.1, -0.05) is 18.5 Å². The van der Waals surface area contributed by atoms with Gasteiger partial charge in [0, 0.05) is 13.0 Å². The Hall–Kier alpha value is -1.89. The third-order valence-electron chi connectivity index (χ3n) is 2.73. The lowest BCUT2D eigenvalue weighted by molar-refractivity contribution is -0.384. The Bertz CT molecular complexity index is 524. The van der Waals surface area contributed by atoms with Crippen molar-refractivity contribution in [3.05, 3.63) is 33.1 Å². The van der Waals surface area contributed by atoms with Gasteiger partial charge in [-0.05, 0) is 18.4 Å². The van der Waals surface area contributed by atoms with E-state index < -0.39 is 22.4 Å². The Morgan fingerprint density at radius 2 is 2.25 bits per heavy atom. The number of hydrogen-bond donors (Lipinski definition) is 2. The van der Waals surface area contributed by atoms with Crippen molar-refractivity contribution in [2.75, 3.05) is 11.9 Å². The first-order valence-corrected chi connectivity index (χ1v) is 6.28. The second-order valence-corrected chi connectivity index (χ2v) is 4.87. The number of rotatable bonds is 7. The summed E-state index contributed by atoms with van der Waals surface area (Å²) in [7, 11) is 0. The smallest absolute Gasteiger partial charge is 0.303 e. The van der Waals surface area contributed by atoms with Crippen LogP contribution in [0.1, 0.15) is 19.8 Å². The highest BCUT2D eigenvalue weighted by atomic mass is 35.5. The van der Waals surface area contributed by atoms with Crippen LogP contribution in [0.3, 0.4) is 0 Å². The van der Waals surface area contributed by atoms with Crippen molar-refractivity contribution in [3.63, 3.8) is 0 Å². The average Bonchev–Trinajstić information content (AvgIpc) is 2.36. The predicted molar refractivity (Wildman–Crippen MR) is 72.6 cm³/mol. The zero-order chi connectivity index (χ0) is 15.3. The fourth-order valence-corrected chi connectivity index (χ4v) is 1.75. The van der Waals surface area contributed by atoms with E-state index in [0.29, 0.717) is 13.0 Å². The molecule has 6 nitrogen and oxygen atoms in total. The lowest BCUT2D eigenvalue weighted by atomic mass is 10.1. The van der Waals surface area contributed by atoms with E-state index in [1.165, 1.54) is 0 Å². The molecule has 20 heavy (non-hydrogen) atoms. The van der Waals surface area contributed by atoms with Crippen LogP contribution in [0.5, 0.6) is 0 Å². The topological polar surface area (TPSA) is 92.5 Å². The van der Waals surface area contributed by atoms with Gasteiger partial charge in [0.15, 0.2) is 0 Å². The van der Waals surface area contributed by atoms with E-state index in [1.54, 1.807) is 0 Å². The Balaban J connectivity index is 2.74. The van der Waals surface area contributed by atoms with E-state index in [0.717, 1.165) is 12.1 Å². The molecule has 0 radical (unpaired) electrons. The number of anilines is 1. The van der Waals surface area contributed by atoms with Crippen molar-refractivity contribution in [1.29, 1.82) is 0 Å². The van der Waals surface area contributed by atoms with Gasteiger partial charge >= 0.3 is 5.97 Å². The maximum atomic E-state index is 13.2. The second kappa shape index (κ2) is 7.04. The minimum Gasteiger partial charge on any atom is -0.481 e. The quantitative estimate of drug-likeness (QED) is 0.595. The lowest BCUT2D eigenvalue weighted by Crippen LogP contribution is -2.13. The number of halogens is 2. The number of benzene rings is 1. The summed E-state index contributed by atoms with van der Waals surface area (Å²) in [5.74, 6) is -1.76. The van der Waals surface area contributed by atoms with Crippen molar-refractivity contribution in [1.82, 2.24) is 0 Å². The number of nitrogens with one attached hydrogen (secondary N) is 1. The molecule has 0 aliphatic rings. The molecular weight excluding hydrogens is 291 g/mol. The molecule has 0 bridgehead atoms. The first-order valence-electron chi connectivity index (χ1n) is 5.90. The van der Waals surface area contributed by atoms with Crippen LogP contribution in [0.15, 0.2) is 12.1 Å². The number of carbonyl (C=O) groups is 1. The summed E-state index contributed by atoms with van der Waals surface area (Å²) < 4.78 is 13.2. The molecule has 1 atom stereocenters. The normalized spacial score (nSPS) is 11.9. The Morgan fingerprint density at radius 3 is 2.80 bits per heavy atom. The molecule has 1 unspecified atom stereocenters. The highest BCUT2D eigenvalue weighted by Gasteiger charge is 2.18. The maximum Gasteiger partial charge on any atom is 0.303 e. The maximum absolute atomic E-state index is 13.2. The first-order chi connectivity index (χ1) is 9.31. The van der Waals surface area contributed by atoms with Gasteiger partial charge in [0.1, 0.15) is 11.5 Å². The van der Waals surface area contributed by atoms with Crippen LogP contribution in [0, 0.1) is 21.8 Å². The van der Waals surface area contributed by atoms with Crippen LogP contribution in [0.4, 0.5) is 15.8 Å². The minimum absolute atomic E-state index is 0.00506. The number of hydrogen-bond acceptors (Lipinski definition) is 4. The molecule has 1 aromatic rings. The average molecular weight is 305 g/mol. The van der Waals surface area contributed by atoms with Crippen LogP contribution in [-0.4, -0.2) is 22.5 Å². The van der Waals surface area contributed by atoms with Crippen LogP contribution in [0.25, 0.3) is 0 Å². The van der Waals surface area contributed by atoms with Gasteiger partial charge in [-0.15, -0.1) is 0 Å². The summed E-state index contributed by atoms with van der Waals surface area (Å²) in [6.45, 7) is 2.14. The Kier molecular flexibility index (Phi) is 5.69. The highest BCUT2D eigenvalue weighted by Crippen LogP contribution is 2.30. The number of aliphatic carboxylic acids is 1. The van der Waals surface area contributed by atoms with Gasteiger partial charge in [-0.25, -0.2) is 4.39 Å². The molecule has 0 aliphatic heterocycles. The van der Waals surface area contributed by atoms with Crippen molar-refractivity contribution >= 4 is 28.9 Å². The van der Waals surface area contributed by atoms with Crippen molar-refractivity contribution < 1.29 is 19.2 Å². The second-order valence-electron chi connectivity index (χ2n) is 4.46. The number of nitro benzene ring substituents is 1. The molecule has 0 saturated heterocycles. The van der Waals surface area contributed by atoms with Gasteiger partial charge in [0.2, 0.25) is 0 Å². The van der Waals surface area contributed by atoms with Gasteiger partial charge in [-0.2, -0.15) is 0 Å². The minimum atomic E-state index is -0.896. The Labute approximate surface area is 119 Å². The van der Waals surface area contributed by atoms with Gasteiger partial charge in [0.05, 0.1) is 16.0 Å². The van der Waals surface area contributed by atoms with E-state index in [4.69, 9.17) is 16.7 Å². The van der Waals surface area contributed by atoms with Crippen molar-refractivity contribution in [3.8, 4) is 0 Å². The molecule has 110 valence electrons. The van der Waals surface area contributed by atoms with E-state index in [2.05, 4.69) is 5.32 Å². The Morgan fingerprint density at radius 1 is 1.60 bits per heavy atom. The van der Waals surface area contributed by atoms with Gasteiger partial charge in [-0.3, -0.25) is 14.9 Å². The molecule has 1 rings (SSSR count). The fourth-order valence-electron chi connectivity index (χ4n) is 1.59. The molecule has 0 fully saturated rings. The SMILES string of the molecule is CC(CCC(=O)O)CNc1cc(Cl)c(F)cc1[N+](=O)[O-]. The predicted octanol–water partition coefficient (Wildman–Crippen LogP) is 3.30. The lowest BCUT2D eigenvalue weighted by Gasteiger charge is -2.13. The molecule has 0 heterocycles. The zero-order valence-electron chi connectivity index (χ0n) is 10.7. The third kappa shape index (κ3) is 4.65. The molecular formula is C12H14ClFN2O4. The molecule has 0 spiro atoms. The number of carboxylic acids is 1.